The van der Waals surface area contributed by atoms with E-state index in [4.69, 9.17) is 5.73 Å². The Hall–Kier alpha value is -1.10. The van der Waals surface area contributed by atoms with E-state index in [9.17, 15) is 9.59 Å². The number of carbonyl (C=O) groups excluding carboxylic acids is 2. The quantitative estimate of drug-likeness (QED) is 0.692. The van der Waals surface area contributed by atoms with Gasteiger partial charge in [-0.2, -0.15) is 0 Å². The number of hydrogen-bond acceptors (Lipinski definition) is 3. The van der Waals surface area contributed by atoms with Gasteiger partial charge in [0.15, 0.2) is 0 Å². The summed E-state index contributed by atoms with van der Waals surface area (Å²) in [6.07, 6.45) is 2.30. The Morgan fingerprint density at radius 2 is 2.24 bits per heavy atom. The van der Waals surface area contributed by atoms with Crippen LogP contribution in [0.5, 0.6) is 0 Å². The summed E-state index contributed by atoms with van der Waals surface area (Å²) < 4.78 is 0. The molecule has 2 amide bonds. The molecule has 0 aliphatic carbocycles. The lowest BCUT2D eigenvalue weighted by molar-refractivity contribution is -0.133. The van der Waals surface area contributed by atoms with Gasteiger partial charge in [-0.15, -0.1) is 0 Å². The van der Waals surface area contributed by atoms with E-state index in [1.54, 1.807) is 4.90 Å². The van der Waals surface area contributed by atoms with E-state index < -0.39 is 0 Å². The second-order valence-corrected chi connectivity index (χ2v) is 5.05. The van der Waals surface area contributed by atoms with Gasteiger partial charge in [0.25, 0.3) is 0 Å². The lowest BCUT2D eigenvalue weighted by Crippen LogP contribution is -2.45. The fourth-order valence-corrected chi connectivity index (χ4v) is 2.10. The molecule has 1 saturated heterocycles. The number of nitrogens with two attached hydrogens (primary N) is 1. The average molecular weight is 241 g/mol. The highest BCUT2D eigenvalue weighted by Gasteiger charge is 2.23. The fraction of sp³-hybridized carbons (Fsp3) is 0.833. The zero-order valence-corrected chi connectivity index (χ0v) is 10.7. The number of carbonyl (C=O) groups is 2. The molecule has 0 spiro atoms. The first-order valence-corrected chi connectivity index (χ1v) is 6.30. The van der Waals surface area contributed by atoms with Crippen LogP contribution in [0.2, 0.25) is 0 Å². The van der Waals surface area contributed by atoms with E-state index in [0.29, 0.717) is 25.4 Å². The summed E-state index contributed by atoms with van der Waals surface area (Å²) in [5.41, 5.74) is 5.61. The third-order valence-electron chi connectivity index (χ3n) is 2.91. The molecule has 1 aliphatic rings. The van der Waals surface area contributed by atoms with Crippen LogP contribution in [0.1, 0.15) is 33.1 Å². The third kappa shape index (κ3) is 4.73. The smallest absolute Gasteiger partial charge is 0.239 e. The molecule has 17 heavy (non-hydrogen) atoms. The van der Waals surface area contributed by atoms with Crippen LogP contribution < -0.4 is 11.1 Å². The molecular weight excluding hydrogens is 218 g/mol. The van der Waals surface area contributed by atoms with Gasteiger partial charge in [0.1, 0.15) is 0 Å². The van der Waals surface area contributed by atoms with E-state index in [1.165, 1.54) is 0 Å². The van der Waals surface area contributed by atoms with Crippen LogP contribution >= 0.6 is 0 Å². The predicted molar refractivity (Wildman–Crippen MR) is 66.3 cm³/mol. The molecule has 1 rings (SSSR count). The summed E-state index contributed by atoms with van der Waals surface area (Å²) in [6.45, 7) is 5.51. The van der Waals surface area contributed by atoms with Crippen molar-refractivity contribution in [3.05, 3.63) is 0 Å². The van der Waals surface area contributed by atoms with Crippen molar-refractivity contribution >= 4 is 11.8 Å². The highest BCUT2D eigenvalue weighted by Crippen LogP contribution is 2.09. The van der Waals surface area contributed by atoms with Crippen molar-refractivity contribution in [3.8, 4) is 0 Å². The Morgan fingerprint density at radius 3 is 2.71 bits per heavy atom. The summed E-state index contributed by atoms with van der Waals surface area (Å²) in [6, 6.07) is 0.0141. The van der Waals surface area contributed by atoms with Crippen LogP contribution in [0.25, 0.3) is 0 Å². The number of likely N-dealkylation sites (tertiary alicyclic amines) is 1. The topological polar surface area (TPSA) is 75.4 Å². The highest BCUT2D eigenvalue weighted by atomic mass is 16.2. The van der Waals surface area contributed by atoms with Crippen molar-refractivity contribution in [2.75, 3.05) is 19.6 Å². The normalized spacial score (nSPS) is 17.6. The lowest BCUT2D eigenvalue weighted by atomic mass is 10.0. The maximum absolute atomic E-state index is 11.7. The second kappa shape index (κ2) is 6.59. The lowest BCUT2D eigenvalue weighted by Gasteiger charge is -2.21. The maximum atomic E-state index is 11.7. The van der Waals surface area contributed by atoms with E-state index >= 15 is 0 Å². The summed E-state index contributed by atoms with van der Waals surface area (Å²) in [4.78, 5) is 24.7. The number of nitrogens with zero attached hydrogens (tertiary/aromatic N) is 1. The zero-order valence-electron chi connectivity index (χ0n) is 10.7. The molecule has 1 aliphatic heterocycles. The first-order chi connectivity index (χ1) is 8.02. The molecule has 1 unspecified atom stereocenters. The van der Waals surface area contributed by atoms with Gasteiger partial charge in [0, 0.05) is 25.6 Å². The van der Waals surface area contributed by atoms with Crippen LogP contribution in [0.3, 0.4) is 0 Å². The minimum Gasteiger partial charge on any atom is -0.351 e. The Bertz CT molecular complexity index is 279. The number of rotatable bonds is 6. The van der Waals surface area contributed by atoms with Crippen molar-refractivity contribution in [1.82, 2.24) is 10.2 Å². The molecule has 1 atom stereocenters. The van der Waals surface area contributed by atoms with E-state index in [2.05, 4.69) is 19.2 Å². The molecule has 0 saturated carbocycles. The van der Waals surface area contributed by atoms with Gasteiger partial charge >= 0.3 is 0 Å². The largest absolute Gasteiger partial charge is 0.351 e. The van der Waals surface area contributed by atoms with Crippen molar-refractivity contribution < 1.29 is 9.59 Å². The van der Waals surface area contributed by atoms with Crippen molar-refractivity contribution in [2.45, 2.75) is 39.2 Å². The van der Waals surface area contributed by atoms with Gasteiger partial charge in [-0.3, -0.25) is 9.59 Å². The van der Waals surface area contributed by atoms with E-state index in [0.717, 1.165) is 12.8 Å². The molecule has 5 heteroatoms. The second-order valence-electron chi connectivity index (χ2n) is 5.05. The first-order valence-electron chi connectivity index (χ1n) is 6.30. The Morgan fingerprint density at radius 1 is 1.53 bits per heavy atom. The van der Waals surface area contributed by atoms with Gasteiger partial charge in [-0.05, 0) is 18.8 Å². The van der Waals surface area contributed by atoms with E-state index in [-0.39, 0.29) is 24.4 Å². The van der Waals surface area contributed by atoms with Crippen LogP contribution in [0.15, 0.2) is 0 Å². The summed E-state index contributed by atoms with van der Waals surface area (Å²) in [7, 11) is 0. The maximum Gasteiger partial charge on any atom is 0.239 e. The zero-order chi connectivity index (χ0) is 12.8. The van der Waals surface area contributed by atoms with Crippen molar-refractivity contribution in [2.24, 2.45) is 11.7 Å². The summed E-state index contributed by atoms with van der Waals surface area (Å²) in [5, 5.41) is 2.89. The monoisotopic (exact) mass is 241 g/mol. The molecular formula is C12H23N3O2. The highest BCUT2D eigenvalue weighted by molar-refractivity contribution is 5.85. The van der Waals surface area contributed by atoms with Gasteiger partial charge in [0.2, 0.25) is 11.8 Å². The molecule has 1 fully saturated rings. The summed E-state index contributed by atoms with van der Waals surface area (Å²) in [5.74, 6) is 0.474. The number of hydrogen-bond donors (Lipinski definition) is 2. The van der Waals surface area contributed by atoms with Crippen LogP contribution in [0, 0.1) is 5.92 Å². The Labute approximate surface area is 103 Å². The molecule has 0 aromatic rings. The molecule has 0 radical (unpaired) electrons. The number of nitrogens with one attached hydrogen (secondary N) is 1. The van der Waals surface area contributed by atoms with Gasteiger partial charge in [0.05, 0.1) is 6.54 Å². The van der Waals surface area contributed by atoms with Crippen molar-refractivity contribution in [3.63, 3.8) is 0 Å². The van der Waals surface area contributed by atoms with Gasteiger partial charge in [-0.25, -0.2) is 0 Å². The third-order valence-corrected chi connectivity index (χ3v) is 2.91. The average Bonchev–Trinajstić information content (AvgIpc) is 2.62. The SMILES string of the molecule is CC(C)CC(CN)NC(=O)CN1CCCC1=O. The van der Waals surface area contributed by atoms with Gasteiger partial charge in [-0.1, -0.05) is 13.8 Å². The molecule has 0 aromatic carbocycles. The predicted octanol–water partition coefficient (Wildman–Crippen LogP) is 0.0984. The van der Waals surface area contributed by atoms with Crippen LogP contribution in [-0.2, 0) is 9.59 Å². The fourth-order valence-electron chi connectivity index (χ4n) is 2.10. The van der Waals surface area contributed by atoms with Crippen LogP contribution in [-0.4, -0.2) is 42.4 Å². The first kappa shape index (κ1) is 14.0. The number of amides is 2. The Kier molecular flexibility index (Phi) is 5.41. The standard InChI is InChI=1S/C12H23N3O2/c1-9(2)6-10(7-13)14-11(16)8-15-5-3-4-12(15)17/h9-10H,3-8,13H2,1-2H3,(H,14,16). The molecule has 1 heterocycles. The molecule has 98 valence electrons. The molecule has 0 bridgehead atoms. The van der Waals surface area contributed by atoms with E-state index in [1.807, 2.05) is 0 Å². The molecule has 5 nitrogen and oxygen atoms in total. The minimum absolute atomic E-state index is 0.0141. The molecule has 3 N–H and O–H groups in total. The Balaban J connectivity index is 2.34. The van der Waals surface area contributed by atoms with Gasteiger partial charge < -0.3 is 16.0 Å². The van der Waals surface area contributed by atoms with Crippen LogP contribution in [0.4, 0.5) is 0 Å². The van der Waals surface area contributed by atoms with Crippen molar-refractivity contribution in [1.29, 1.82) is 0 Å². The summed E-state index contributed by atoms with van der Waals surface area (Å²) >= 11 is 0. The minimum atomic E-state index is -0.101. The molecule has 0 aromatic heterocycles.